The van der Waals surface area contributed by atoms with Crippen LogP contribution in [0.5, 0.6) is 0 Å². The van der Waals surface area contributed by atoms with Crippen molar-refractivity contribution in [3.05, 3.63) is 24.0 Å². The molecule has 0 unspecified atom stereocenters. The van der Waals surface area contributed by atoms with Crippen molar-refractivity contribution in [2.24, 2.45) is 34.5 Å². The van der Waals surface area contributed by atoms with Crippen LogP contribution in [-0.4, -0.2) is 124 Å². The lowest BCUT2D eigenvalue weighted by Crippen LogP contribution is -2.62. The molecule has 5 N–H and O–H groups in total. The number of hydrogen-bond donors (Lipinski definition) is 5. The summed E-state index contributed by atoms with van der Waals surface area (Å²) in [6, 6.07) is 0. The standard InChI is InChI=1S/C41H64O13.C3H6O/c1-20-36(46)29(42)16-34(49-20)53-38-22(3)51-35(18-31(38)44)54-37-21(2)50-33(17-30(37)43)52-25-8-11-39(4)24(15-25)6-7-28-27(39)9-12-40(5)26(10-13-41(28,40)47)23-14-32(45)48-19-23;1-3(2)4/h14,20-22,24-31,33-38,42-44,46-47H,6-13,15-19H2,1-5H3;4H,1H2,2H3/p-1/t20-,21-,22-,24-,25+,26-,27+,28-,29+,30+,31+,33+,34+,35+,36-,37-,38-,39+,40-,41+;/m1./s1. The summed E-state index contributed by atoms with van der Waals surface area (Å²) in [6.45, 7) is 14.8. The van der Waals surface area contributed by atoms with Crippen LogP contribution in [0.1, 0.15) is 119 Å². The largest absolute Gasteiger partial charge is 0.876 e. The van der Waals surface area contributed by atoms with E-state index in [-0.39, 0.29) is 59.8 Å². The molecule has 4 aliphatic carbocycles. The highest BCUT2D eigenvalue weighted by Crippen LogP contribution is 2.70. The van der Waals surface area contributed by atoms with Gasteiger partial charge in [-0.25, -0.2) is 4.79 Å². The number of cyclic esters (lactones) is 1. The minimum atomic E-state index is -0.996. The third-order valence-electron chi connectivity index (χ3n) is 15.9. The Balaban J connectivity index is 0.00000122. The van der Waals surface area contributed by atoms with Crippen molar-refractivity contribution in [3.8, 4) is 0 Å². The first-order valence-corrected chi connectivity index (χ1v) is 21.9. The lowest BCUT2D eigenvalue weighted by Gasteiger charge is -2.64. The van der Waals surface area contributed by atoms with Gasteiger partial charge in [-0.05, 0) is 113 Å². The first kappa shape index (κ1) is 44.4. The zero-order chi connectivity index (χ0) is 41.9. The number of hydrogen-bond acceptors (Lipinski definition) is 14. The number of rotatable bonds is 7. The second kappa shape index (κ2) is 17.2. The average Bonchev–Trinajstić information content (AvgIpc) is 3.69. The zero-order valence-electron chi connectivity index (χ0n) is 35.2. The highest BCUT2D eigenvalue weighted by molar-refractivity contribution is 5.85. The fraction of sp³-hybridized carbons (Fsp3) is 0.886. The summed E-state index contributed by atoms with van der Waals surface area (Å²) in [6.07, 6.45) is 1.90. The molecule has 0 bridgehead atoms. The van der Waals surface area contributed by atoms with Crippen molar-refractivity contribution in [2.45, 2.75) is 204 Å². The molecule has 8 aliphatic rings. The van der Waals surface area contributed by atoms with Crippen LogP contribution in [0.3, 0.4) is 0 Å². The number of carbonyl (C=O) groups is 1. The maximum absolute atomic E-state index is 12.6. The molecule has 330 valence electrons. The van der Waals surface area contributed by atoms with E-state index in [1.54, 1.807) is 19.9 Å². The number of fused-ring (bicyclic) bond motifs is 5. The van der Waals surface area contributed by atoms with Crippen molar-refractivity contribution >= 4 is 5.97 Å². The van der Waals surface area contributed by atoms with Gasteiger partial charge in [0.2, 0.25) is 0 Å². The van der Waals surface area contributed by atoms with Gasteiger partial charge in [-0.15, -0.1) is 12.3 Å². The molecule has 20 atom stereocenters. The Kier molecular flexibility index (Phi) is 13.2. The summed E-state index contributed by atoms with van der Waals surface area (Å²) >= 11 is 0. The molecule has 7 fully saturated rings. The number of carbonyl (C=O) groups excluding carboxylic acids is 1. The molecule has 4 heterocycles. The van der Waals surface area contributed by atoms with Gasteiger partial charge in [-0.1, -0.05) is 20.8 Å². The number of aliphatic hydroxyl groups is 5. The van der Waals surface area contributed by atoms with Crippen LogP contribution in [0.4, 0.5) is 0 Å². The van der Waals surface area contributed by atoms with Crippen LogP contribution in [0.15, 0.2) is 24.0 Å². The molecular formula is C44H69O14-. The Morgan fingerprint density at radius 1 is 0.759 bits per heavy atom. The van der Waals surface area contributed by atoms with Crippen LogP contribution < -0.4 is 5.11 Å². The highest BCUT2D eigenvalue weighted by Gasteiger charge is 2.68. The monoisotopic (exact) mass is 821 g/mol. The van der Waals surface area contributed by atoms with E-state index in [9.17, 15) is 35.4 Å². The van der Waals surface area contributed by atoms with E-state index in [0.717, 1.165) is 63.4 Å². The smallest absolute Gasteiger partial charge is 0.331 e. The van der Waals surface area contributed by atoms with E-state index in [0.29, 0.717) is 18.4 Å². The Hall–Kier alpha value is -1.69. The van der Waals surface area contributed by atoms with E-state index in [1.807, 2.05) is 6.92 Å². The van der Waals surface area contributed by atoms with Crippen LogP contribution in [0.2, 0.25) is 0 Å². The molecule has 14 heteroatoms. The lowest BCUT2D eigenvalue weighted by molar-refractivity contribution is -0.336. The summed E-state index contributed by atoms with van der Waals surface area (Å²) in [4.78, 5) is 11.9. The third-order valence-corrected chi connectivity index (χ3v) is 15.9. The van der Waals surface area contributed by atoms with Crippen molar-refractivity contribution in [2.75, 3.05) is 6.61 Å². The van der Waals surface area contributed by atoms with Crippen LogP contribution in [0.25, 0.3) is 0 Å². The van der Waals surface area contributed by atoms with E-state index >= 15 is 0 Å². The molecule has 0 spiro atoms. The van der Waals surface area contributed by atoms with Gasteiger partial charge in [-0.2, -0.15) is 0 Å². The molecular weight excluding hydrogens is 752 g/mol. The Morgan fingerprint density at radius 3 is 1.88 bits per heavy atom. The first-order chi connectivity index (χ1) is 27.3. The molecule has 0 aromatic heterocycles. The number of esters is 1. The summed E-state index contributed by atoms with van der Waals surface area (Å²) in [7, 11) is 0. The Bertz CT molecular complexity index is 1470. The van der Waals surface area contributed by atoms with Crippen LogP contribution in [0, 0.1) is 34.5 Å². The van der Waals surface area contributed by atoms with E-state index in [2.05, 4.69) is 20.4 Å². The third kappa shape index (κ3) is 8.43. The quantitative estimate of drug-likeness (QED) is 0.142. The predicted octanol–water partition coefficient (Wildman–Crippen LogP) is 3.13. The van der Waals surface area contributed by atoms with Gasteiger partial charge in [0.1, 0.15) is 24.9 Å². The fourth-order valence-electron chi connectivity index (χ4n) is 12.8. The second-order valence-corrected chi connectivity index (χ2v) is 19.4. The number of allylic oxidation sites excluding steroid dienone is 1. The summed E-state index contributed by atoms with van der Waals surface area (Å²) in [5, 5.41) is 64.3. The molecule has 8 rings (SSSR count). The first-order valence-electron chi connectivity index (χ1n) is 21.9. The van der Waals surface area contributed by atoms with Gasteiger partial charge in [0.25, 0.3) is 0 Å². The van der Waals surface area contributed by atoms with Crippen molar-refractivity contribution in [1.82, 2.24) is 0 Å². The molecule has 0 aromatic rings. The Morgan fingerprint density at radius 2 is 1.33 bits per heavy atom. The van der Waals surface area contributed by atoms with Gasteiger partial charge in [0.05, 0.1) is 48.3 Å². The predicted molar refractivity (Wildman–Crippen MR) is 206 cm³/mol. The molecule has 4 saturated carbocycles. The van der Waals surface area contributed by atoms with Crippen molar-refractivity contribution in [1.29, 1.82) is 0 Å². The zero-order valence-corrected chi connectivity index (χ0v) is 35.2. The molecule has 4 aliphatic heterocycles. The van der Waals surface area contributed by atoms with Gasteiger partial charge in [0, 0.05) is 30.8 Å². The number of aliphatic hydroxyl groups excluding tert-OH is 4. The minimum absolute atomic E-state index is 0.0243. The SMILES string of the molecule is C=C(C)[O-].C[C@H]1O[C@@H](O[C@H]2[C@@H](O)C[C@H](O[C@H]3[C@@H](O)C[C@H](O[C@H]4CC[C@@]5(C)[C@H](CC[C@@H]6[C@@H]5CC[C@]5(C)[C@@H](C7=CC(=O)OC7)CC[C@]65O)C4)O[C@@H]3C)O[C@@H]2C)C[C@H](O)[C@@H]1O. The van der Waals surface area contributed by atoms with E-state index in [1.165, 1.54) is 6.92 Å². The summed E-state index contributed by atoms with van der Waals surface area (Å²) < 4.78 is 42.2. The van der Waals surface area contributed by atoms with Gasteiger partial charge >= 0.3 is 5.97 Å². The normalized spacial score (nSPS) is 51.6. The Labute approximate surface area is 343 Å². The van der Waals surface area contributed by atoms with Gasteiger partial charge < -0.3 is 63.8 Å². The van der Waals surface area contributed by atoms with Crippen LogP contribution >= 0.6 is 0 Å². The summed E-state index contributed by atoms with van der Waals surface area (Å²) in [5.41, 5.74) is 0.215. The second-order valence-electron chi connectivity index (χ2n) is 19.4. The van der Waals surface area contributed by atoms with Crippen molar-refractivity contribution < 1.29 is 68.6 Å². The topological polar surface area (TPSA) is 206 Å². The molecule has 58 heavy (non-hydrogen) atoms. The van der Waals surface area contributed by atoms with Crippen LogP contribution in [-0.2, 0) is 38.0 Å². The maximum Gasteiger partial charge on any atom is 0.331 e. The van der Waals surface area contributed by atoms with Gasteiger partial charge in [-0.3, -0.25) is 0 Å². The average molecular weight is 822 g/mol. The fourth-order valence-corrected chi connectivity index (χ4v) is 12.8. The minimum Gasteiger partial charge on any atom is -0.876 e. The molecule has 0 amide bonds. The summed E-state index contributed by atoms with van der Waals surface area (Å²) in [5.74, 6) is 1.05. The highest BCUT2D eigenvalue weighted by atomic mass is 16.7. The maximum atomic E-state index is 12.6. The molecule has 3 saturated heterocycles. The van der Waals surface area contributed by atoms with E-state index < -0.39 is 79.4 Å². The van der Waals surface area contributed by atoms with Gasteiger partial charge in [0.15, 0.2) is 18.9 Å². The van der Waals surface area contributed by atoms with E-state index in [4.69, 9.17) is 33.2 Å². The van der Waals surface area contributed by atoms with Crippen molar-refractivity contribution in [3.63, 3.8) is 0 Å². The molecule has 14 nitrogen and oxygen atoms in total. The lowest BCUT2D eigenvalue weighted by atomic mass is 9.43. The molecule has 0 radical (unpaired) electrons. The molecule has 0 aromatic carbocycles. The number of ether oxygens (including phenoxy) is 7.